The molecule has 5 nitrogen and oxygen atoms in total. The first-order valence-corrected chi connectivity index (χ1v) is 9.96. The van der Waals surface area contributed by atoms with Gasteiger partial charge in [-0.25, -0.2) is 4.98 Å². The Morgan fingerprint density at radius 1 is 1.22 bits per heavy atom. The van der Waals surface area contributed by atoms with Gasteiger partial charge in [0.05, 0.1) is 5.75 Å². The van der Waals surface area contributed by atoms with Crippen LogP contribution in [0.5, 0.6) is 5.75 Å². The normalized spacial score (nSPS) is 10.8. The standard InChI is InChI=1S/C20H20ClN3O2S/c1-3-14-4-6-15(7-5-14)18(25)12-27-20-22-19(23-24-20)11-26-16-8-9-17(21)13(2)10-16/h4-10H,3,11-12H2,1-2H3,(H,22,23,24). The molecule has 1 N–H and O–H groups in total. The van der Waals surface area contributed by atoms with Crippen molar-refractivity contribution in [2.24, 2.45) is 0 Å². The fourth-order valence-corrected chi connectivity index (χ4v) is 3.23. The molecule has 27 heavy (non-hydrogen) atoms. The van der Waals surface area contributed by atoms with Crippen molar-refractivity contribution in [1.29, 1.82) is 0 Å². The van der Waals surface area contributed by atoms with Gasteiger partial charge in [-0.1, -0.05) is 54.6 Å². The Kier molecular flexibility index (Phi) is 6.53. The van der Waals surface area contributed by atoms with Crippen LogP contribution in [0, 0.1) is 6.92 Å². The number of ether oxygens (including phenoxy) is 1. The third-order valence-corrected chi connectivity index (χ3v) is 5.30. The molecule has 1 aromatic heterocycles. The summed E-state index contributed by atoms with van der Waals surface area (Å²) in [5.74, 6) is 1.67. The molecule has 2 aromatic carbocycles. The minimum Gasteiger partial charge on any atom is -0.486 e. The van der Waals surface area contributed by atoms with Gasteiger partial charge in [-0.2, -0.15) is 0 Å². The van der Waals surface area contributed by atoms with Gasteiger partial charge in [-0.15, -0.1) is 5.10 Å². The number of ketones is 1. The van der Waals surface area contributed by atoms with Gasteiger partial charge >= 0.3 is 0 Å². The molecule has 1 heterocycles. The molecule has 0 radical (unpaired) electrons. The van der Waals surface area contributed by atoms with Crippen LogP contribution in [0.15, 0.2) is 47.6 Å². The van der Waals surface area contributed by atoms with Gasteiger partial charge in [0.2, 0.25) is 5.16 Å². The van der Waals surface area contributed by atoms with E-state index in [1.54, 1.807) is 6.07 Å². The Balaban J connectivity index is 1.51. The van der Waals surface area contributed by atoms with Crippen molar-refractivity contribution in [2.75, 3.05) is 5.75 Å². The van der Waals surface area contributed by atoms with Crippen LogP contribution in [-0.2, 0) is 13.0 Å². The van der Waals surface area contributed by atoms with Crippen LogP contribution in [0.25, 0.3) is 0 Å². The molecular formula is C20H20ClN3O2S. The Bertz CT molecular complexity index is 925. The molecule has 0 bridgehead atoms. The van der Waals surface area contributed by atoms with E-state index in [0.29, 0.717) is 33.1 Å². The van der Waals surface area contributed by atoms with Gasteiger partial charge in [0, 0.05) is 10.6 Å². The van der Waals surface area contributed by atoms with Crippen molar-refractivity contribution < 1.29 is 9.53 Å². The van der Waals surface area contributed by atoms with Crippen molar-refractivity contribution in [3.8, 4) is 5.75 Å². The highest BCUT2D eigenvalue weighted by Crippen LogP contribution is 2.22. The quantitative estimate of drug-likeness (QED) is 0.430. The summed E-state index contributed by atoms with van der Waals surface area (Å²) in [6, 6.07) is 13.2. The molecule has 0 saturated carbocycles. The molecule has 0 aliphatic heterocycles. The first-order valence-electron chi connectivity index (χ1n) is 8.60. The summed E-state index contributed by atoms with van der Waals surface area (Å²) in [4.78, 5) is 16.6. The fraction of sp³-hybridized carbons (Fsp3) is 0.250. The minimum absolute atomic E-state index is 0.0573. The smallest absolute Gasteiger partial charge is 0.208 e. The molecule has 140 valence electrons. The highest BCUT2D eigenvalue weighted by Gasteiger charge is 2.10. The van der Waals surface area contributed by atoms with E-state index in [4.69, 9.17) is 16.3 Å². The SMILES string of the molecule is CCc1ccc(C(=O)CSc2n[nH]c(COc3ccc(Cl)c(C)c3)n2)cc1. The molecule has 3 aromatic rings. The number of thioether (sulfide) groups is 1. The van der Waals surface area contributed by atoms with E-state index in [1.807, 2.05) is 43.3 Å². The van der Waals surface area contributed by atoms with E-state index in [1.165, 1.54) is 17.3 Å². The number of hydrogen-bond acceptors (Lipinski definition) is 5. The number of nitrogens with zero attached hydrogens (tertiary/aromatic N) is 2. The summed E-state index contributed by atoms with van der Waals surface area (Å²) in [6.45, 7) is 4.28. The zero-order valence-electron chi connectivity index (χ0n) is 15.2. The highest BCUT2D eigenvalue weighted by atomic mass is 35.5. The van der Waals surface area contributed by atoms with Crippen molar-refractivity contribution in [3.05, 3.63) is 70.0 Å². The predicted molar refractivity (Wildman–Crippen MR) is 108 cm³/mol. The van der Waals surface area contributed by atoms with Gasteiger partial charge in [0.15, 0.2) is 11.6 Å². The largest absolute Gasteiger partial charge is 0.486 e. The topological polar surface area (TPSA) is 67.9 Å². The lowest BCUT2D eigenvalue weighted by atomic mass is 10.1. The van der Waals surface area contributed by atoms with Crippen LogP contribution in [0.3, 0.4) is 0 Å². The number of carbonyl (C=O) groups excluding carboxylic acids is 1. The number of H-pyrrole nitrogens is 1. The maximum atomic E-state index is 12.3. The first kappa shape index (κ1) is 19.5. The van der Waals surface area contributed by atoms with E-state index in [-0.39, 0.29) is 12.4 Å². The number of halogens is 1. The zero-order valence-corrected chi connectivity index (χ0v) is 16.7. The van der Waals surface area contributed by atoms with Crippen molar-refractivity contribution >= 4 is 29.1 Å². The van der Waals surface area contributed by atoms with Crippen molar-refractivity contribution in [2.45, 2.75) is 32.0 Å². The molecule has 0 amide bonds. The lowest BCUT2D eigenvalue weighted by Crippen LogP contribution is -2.02. The molecule has 0 unspecified atom stereocenters. The monoisotopic (exact) mass is 401 g/mol. The number of Topliss-reactive ketones (excluding diaryl/α,β-unsaturated/α-hetero) is 1. The lowest BCUT2D eigenvalue weighted by molar-refractivity contribution is 0.102. The first-order chi connectivity index (χ1) is 13.0. The second-order valence-corrected chi connectivity index (χ2v) is 7.38. The molecule has 0 aliphatic rings. The van der Waals surface area contributed by atoms with Crippen molar-refractivity contribution in [3.63, 3.8) is 0 Å². The Morgan fingerprint density at radius 3 is 2.70 bits per heavy atom. The van der Waals surface area contributed by atoms with E-state index < -0.39 is 0 Å². The van der Waals surface area contributed by atoms with E-state index >= 15 is 0 Å². The van der Waals surface area contributed by atoms with Gasteiger partial charge in [-0.3, -0.25) is 9.89 Å². The molecular weight excluding hydrogens is 382 g/mol. The third-order valence-electron chi connectivity index (χ3n) is 4.03. The molecule has 0 fully saturated rings. The minimum atomic E-state index is 0.0573. The number of carbonyl (C=O) groups is 1. The average Bonchev–Trinajstić information content (AvgIpc) is 3.15. The lowest BCUT2D eigenvalue weighted by Gasteiger charge is -2.05. The Morgan fingerprint density at radius 2 is 2.00 bits per heavy atom. The summed E-state index contributed by atoms with van der Waals surface area (Å²) in [5, 5.41) is 8.19. The molecule has 0 spiro atoms. The molecule has 0 saturated heterocycles. The maximum Gasteiger partial charge on any atom is 0.208 e. The summed E-state index contributed by atoms with van der Waals surface area (Å²) >= 11 is 7.31. The highest BCUT2D eigenvalue weighted by molar-refractivity contribution is 7.99. The number of aromatic nitrogens is 3. The molecule has 3 rings (SSSR count). The van der Waals surface area contributed by atoms with Gasteiger partial charge in [0.1, 0.15) is 12.4 Å². The number of nitrogens with one attached hydrogen (secondary N) is 1. The molecule has 0 aliphatic carbocycles. The average molecular weight is 402 g/mol. The number of aromatic amines is 1. The van der Waals surface area contributed by atoms with E-state index in [2.05, 4.69) is 22.1 Å². The molecule has 0 atom stereocenters. The van der Waals surface area contributed by atoms with Crippen LogP contribution in [-0.4, -0.2) is 26.7 Å². The summed E-state index contributed by atoms with van der Waals surface area (Å²) in [6.07, 6.45) is 0.959. The second kappa shape index (κ2) is 9.06. The summed E-state index contributed by atoms with van der Waals surface area (Å²) in [7, 11) is 0. The van der Waals surface area contributed by atoms with Crippen molar-refractivity contribution in [1.82, 2.24) is 15.2 Å². The van der Waals surface area contributed by atoms with Crippen LogP contribution in [0.2, 0.25) is 5.02 Å². The third kappa shape index (κ3) is 5.34. The van der Waals surface area contributed by atoms with E-state index in [9.17, 15) is 4.79 Å². The van der Waals surface area contributed by atoms with Gasteiger partial charge < -0.3 is 4.74 Å². The van der Waals surface area contributed by atoms with Gasteiger partial charge in [-0.05, 0) is 42.7 Å². The Hall–Kier alpha value is -2.31. The van der Waals surface area contributed by atoms with Crippen LogP contribution in [0.4, 0.5) is 0 Å². The number of rotatable bonds is 8. The second-order valence-electron chi connectivity index (χ2n) is 6.03. The fourth-order valence-electron chi connectivity index (χ4n) is 2.41. The van der Waals surface area contributed by atoms with Crippen LogP contribution >= 0.6 is 23.4 Å². The zero-order chi connectivity index (χ0) is 19.2. The van der Waals surface area contributed by atoms with E-state index in [0.717, 1.165) is 12.0 Å². The van der Waals surface area contributed by atoms with Gasteiger partial charge in [0.25, 0.3) is 0 Å². The number of hydrogen-bond donors (Lipinski definition) is 1. The molecule has 7 heteroatoms. The number of aryl methyl sites for hydroxylation is 2. The van der Waals surface area contributed by atoms with Crippen LogP contribution < -0.4 is 4.74 Å². The van der Waals surface area contributed by atoms with Crippen LogP contribution in [0.1, 0.15) is 34.2 Å². The maximum absolute atomic E-state index is 12.3. The number of benzene rings is 2. The Labute approximate surface area is 167 Å². The summed E-state index contributed by atoms with van der Waals surface area (Å²) < 4.78 is 5.69. The predicted octanol–water partition coefficient (Wildman–Crippen LogP) is 4.88. The summed E-state index contributed by atoms with van der Waals surface area (Å²) in [5.41, 5.74) is 2.87.